The Kier molecular flexibility index (Phi) is 5.55. The molecule has 124 valence electrons. The molecule has 0 fully saturated rings. The van der Waals surface area contributed by atoms with Gasteiger partial charge in [0.25, 0.3) is 5.91 Å². The molecule has 1 heterocycles. The first-order valence-electron chi connectivity index (χ1n) is 7.93. The Bertz CT molecular complexity index is 662. The normalized spacial score (nSPS) is 11.5. The molecule has 0 aliphatic heterocycles. The van der Waals surface area contributed by atoms with Crippen LogP contribution in [0.2, 0.25) is 0 Å². The Hall–Kier alpha value is -2.14. The Labute approximate surface area is 137 Å². The number of para-hydroxylation sites is 1. The molecular weight excluding hydrogens is 290 g/mol. The fourth-order valence-corrected chi connectivity index (χ4v) is 2.34. The molecule has 0 radical (unpaired) electrons. The maximum Gasteiger partial charge on any atom is 0.254 e. The van der Waals surface area contributed by atoms with E-state index in [0.29, 0.717) is 12.1 Å². The van der Waals surface area contributed by atoms with Gasteiger partial charge in [0, 0.05) is 19.3 Å². The van der Waals surface area contributed by atoms with Gasteiger partial charge in [0.2, 0.25) is 0 Å². The summed E-state index contributed by atoms with van der Waals surface area (Å²) in [5.41, 5.74) is 2.53. The van der Waals surface area contributed by atoms with Crippen molar-refractivity contribution in [3.05, 3.63) is 47.8 Å². The second kappa shape index (κ2) is 7.42. The first-order valence-corrected chi connectivity index (χ1v) is 7.93. The number of aromatic nitrogens is 2. The summed E-state index contributed by atoms with van der Waals surface area (Å²) in [5, 5.41) is 16.4. The Morgan fingerprint density at radius 3 is 2.78 bits per heavy atom. The summed E-state index contributed by atoms with van der Waals surface area (Å²) in [6, 6.07) is 7.91. The minimum Gasteiger partial charge on any atom is -0.396 e. The van der Waals surface area contributed by atoms with Crippen molar-refractivity contribution in [3.8, 4) is 5.69 Å². The van der Waals surface area contributed by atoms with E-state index in [2.05, 4.69) is 10.4 Å². The number of nitrogens with one attached hydrogen (secondary N) is 1. The lowest BCUT2D eigenvalue weighted by Crippen LogP contribution is -2.26. The van der Waals surface area contributed by atoms with Gasteiger partial charge in [-0.15, -0.1) is 0 Å². The summed E-state index contributed by atoms with van der Waals surface area (Å²) in [5.74, 6) is -0.119. The third-order valence-electron chi connectivity index (χ3n) is 3.95. The van der Waals surface area contributed by atoms with Crippen LogP contribution in [0.25, 0.3) is 5.69 Å². The van der Waals surface area contributed by atoms with Crippen molar-refractivity contribution >= 4 is 5.91 Å². The van der Waals surface area contributed by atoms with E-state index in [1.54, 1.807) is 17.1 Å². The summed E-state index contributed by atoms with van der Waals surface area (Å²) in [7, 11) is 0. The maximum atomic E-state index is 12.2. The molecule has 0 saturated heterocycles. The minimum atomic E-state index is -0.119. The Morgan fingerprint density at radius 2 is 2.09 bits per heavy atom. The van der Waals surface area contributed by atoms with Crippen LogP contribution in [0.5, 0.6) is 0 Å². The Morgan fingerprint density at radius 1 is 1.35 bits per heavy atom. The number of nitrogens with zero attached hydrogens (tertiary/aromatic N) is 2. The third-order valence-corrected chi connectivity index (χ3v) is 3.95. The smallest absolute Gasteiger partial charge is 0.254 e. The predicted molar refractivity (Wildman–Crippen MR) is 90.7 cm³/mol. The molecule has 2 rings (SSSR count). The number of rotatable bonds is 7. The van der Waals surface area contributed by atoms with Gasteiger partial charge < -0.3 is 10.4 Å². The lowest BCUT2D eigenvalue weighted by Gasteiger charge is -2.21. The number of hydrogen-bond acceptors (Lipinski definition) is 3. The van der Waals surface area contributed by atoms with Gasteiger partial charge in [0.15, 0.2) is 0 Å². The van der Waals surface area contributed by atoms with Gasteiger partial charge in [-0.2, -0.15) is 5.10 Å². The number of amides is 1. The van der Waals surface area contributed by atoms with Crippen molar-refractivity contribution in [1.29, 1.82) is 0 Å². The molecule has 0 aliphatic carbocycles. The van der Waals surface area contributed by atoms with E-state index in [4.69, 9.17) is 0 Å². The van der Waals surface area contributed by atoms with Crippen LogP contribution < -0.4 is 5.32 Å². The molecular formula is C18H25N3O2. The van der Waals surface area contributed by atoms with Crippen LogP contribution in [0.15, 0.2) is 36.7 Å². The van der Waals surface area contributed by atoms with E-state index < -0.39 is 0 Å². The average Bonchev–Trinajstić information content (AvgIpc) is 3.01. The number of aliphatic hydroxyl groups is 1. The zero-order valence-corrected chi connectivity index (χ0v) is 14.0. The van der Waals surface area contributed by atoms with Crippen molar-refractivity contribution in [1.82, 2.24) is 15.1 Å². The van der Waals surface area contributed by atoms with E-state index >= 15 is 0 Å². The molecule has 0 bridgehead atoms. The van der Waals surface area contributed by atoms with Crippen molar-refractivity contribution in [2.45, 2.75) is 33.6 Å². The standard InChI is InChI=1S/C18H25N3O2/c1-14-7-4-5-8-16(14)21-12-15(11-20-21)17(23)19-10-6-9-18(2,3)13-22/h4-5,7-8,11-12,22H,6,9-10,13H2,1-3H3,(H,19,23). The molecule has 0 spiro atoms. The van der Waals surface area contributed by atoms with Gasteiger partial charge in [-0.3, -0.25) is 4.79 Å². The first kappa shape index (κ1) is 17.2. The fourth-order valence-electron chi connectivity index (χ4n) is 2.34. The molecule has 0 aliphatic rings. The van der Waals surface area contributed by atoms with Crippen LogP contribution in [-0.4, -0.2) is 33.9 Å². The van der Waals surface area contributed by atoms with E-state index in [0.717, 1.165) is 24.1 Å². The van der Waals surface area contributed by atoms with E-state index in [9.17, 15) is 9.90 Å². The SMILES string of the molecule is Cc1ccccc1-n1cc(C(=O)NCCCC(C)(C)CO)cn1. The van der Waals surface area contributed by atoms with Crippen LogP contribution in [0.4, 0.5) is 0 Å². The fraction of sp³-hybridized carbons (Fsp3) is 0.444. The van der Waals surface area contributed by atoms with Gasteiger partial charge in [-0.1, -0.05) is 32.0 Å². The third kappa shape index (κ3) is 4.66. The minimum absolute atomic E-state index is 0.0968. The summed E-state index contributed by atoms with van der Waals surface area (Å²) in [4.78, 5) is 12.2. The lowest BCUT2D eigenvalue weighted by molar-refractivity contribution is 0.0948. The molecule has 1 aromatic carbocycles. The van der Waals surface area contributed by atoms with Gasteiger partial charge in [0.05, 0.1) is 17.4 Å². The molecule has 5 nitrogen and oxygen atoms in total. The molecule has 0 unspecified atom stereocenters. The quantitative estimate of drug-likeness (QED) is 0.772. The summed E-state index contributed by atoms with van der Waals surface area (Å²) < 4.78 is 1.72. The number of aliphatic hydroxyl groups excluding tert-OH is 1. The molecule has 5 heteroatoms. The topological polar surface area (TPSA) is 67.2 Å². The number of carbonyl (C=O) groups excluding carboxylic acids is 1. The summed E-state index contributed by atoms with van der Waals surface area (Å²) in [6.45, 7) is 6.80. The molecule has 23 heavy (non-hydrogen) atoms. The summed E-state index contributed by atoms with van der Waals surface area (Å²) >= 11 is 0. The highest BCUT2D eigenvalue weighted by Gasteiger charge is 2.16. The van der Waals surface area contributed by atoms with Crippen LogP contribution in [0, 0.1) is 12.3 Å². The van der Waals surface area contributed by atoms with Crippen LogP contribution in [0.1, 0.15) is 42.6 Å². The van der Waals surface area contributed by atoms with E-state index in [-0.39, 0.29) is 17.9 Å². The zero-order chi connectivity index (χ0) is 16.9. The average molecular weight is 315 g/mol. The zero-order valence-electron chi connectivity index (χ0n) is 14.0. The molecule has 2 aromatic rings. The molecule has 2 N–H and O–H groups in total. The molecule has 0 saturated carbocycles. The van der Waals surface area contributed by atoms with Crippen molar-refractivity contribution < 1.29 is 9.90 Å². The van der Waals surface area contributed by atoms with E-state index in [1.807, 2.05) is 45.0 Å². The van der Waals surface area contributed by atoms with Gasteiger partial charge in [-0.05, 0) is 36.8 Å². The van der Waals surface area contributed by atoms with Crippen LogP contribution >= 0.6 is 0 Å². The second-order valence-corrected chi connectivity index (χ2v) is 6.64. The Balaban J connectivity index is 1.91. The highest BCUT2D eigenvalue weighted by atomic mass is 16.3. The second-order valence-electron chi connectivity index (χ2n) is 6.64. The first-order chi connectivity index (χ1) is 10.9. The largest absolute Gasteiger partial charge is 0.396 e. The molecule has 1 aromatic heterocycles. The summed E-state index contributed by atoms with van der Waals surface area (Å²) in [6.07, 6.45) is 5.03. The molecule has 1 amide bonds. The van der Waals surface area contributed by atoms with Gasteiger partial charge in [-0.25, -0.2) is 4.68 Å². The van der Waals surface area contributed by atoms with Crippen molar-refractivity contribution in [2.75, 3.05) is 13.2 Å². The van der Waals surface area contributed by atoms with Gasteiger partial charge >= 0.3 is 0 Å². The highest BCUT2D eigenvalue weighted by molar-refractivity contribution is 5.93. The number of carbonyl (C=O) groups is 1. The van der Waals surface area contributed by atoms with Gasteiger partial charge in [0.1, 0.15) is 0 Å². The number of hydrogen-bond donors (Lipinski definition) is 2. The number of benzene rings is 1. The lowest BCUT2D eigenvalue weighted by atomic mass is 9.89. The van der Waals surface area contributed by atoms with Crippen LogP contribution in [-0.2, 0) is 0 Å². The molecule has 0 atom stereocenters. The van der Waals surface area contributed by atoms with Crippen molar-refractivity contribution in [3.63, 3.8) is 0 Å². The van der Waals surface area contributed by atoms with Crippen LogP contribution in [0.3, 0.4) is 0 Å². The maximum absolute atomic E-state index is 12.2. The highest BCUT2D eigenvalue weighted by Crippen LogP contribution is 2.20. The number of aryl methyl sites for hydroxylation is 1. The van der Waals surface area contributed by atoms with E-state index in [1.165, 1.54) is 0 Å². The predicted octanol–water partition coefficient (Wildman–Crippen LogP) is 2.71. The monoisotopic (exact) mass is 315 g/mol. The van der Waals surface area contributed by atoms with Crippen molar-refractivity contribution in [2.24, 2.45) is 5.41 Å².